The average Bonchev–Trinajstić information content (AvgIpc) is 3.31. The van der Waals surface area contributed by atoms with E-state index in [-0.39, 0.29) is 24.9 Å². The van der Waals surface area contributed by atoms with Crippen molar-refractivity contribution in [1.29, 1.82) is 0 Å². The van der Waals surface area contributed by atoms with E-state index in [2.05, 4.69) is 15.6 Å². The molecule has 1 heterocycles. The first-order valence-electron chi connectivity index (χ1n) is 11.9. The van der Waals surface area contributed by atoms with Crippen molar-refractivity contribution in [3.05, 3.63) is 84.3 Å². The van der Waals surface area contributed by atoms with E-state index in [0.29, 0.717) is 0 Å². The highest BCUT2D eigenvalue weighted by atomic mass is 16.5. The smallest absolute Gasteiger partial charge is 0.250 e. The second-order valence-corrected chi connectivity index (χ2v) is 9.49. The summed E-state index contributed by atoms with van der Waals surface area (Å²) in [5, 5.41) is 5.37. The summed E-state index contributed by atoms with van der Waals surface area (Å²) >= 11 is 0. The largest absolute Gasteiger partial charge is 0.374 e. The fourth-order valence-corrected chi connectivity index (χ4v) is 3.47. The van der Waals surface area contributed by atoms with Gasteiger partial charge >= 0.3 is 0 Å². The van der Waals surface area contributed by atoms with Gasteiger partial charge in [-0.1, -0.05) is 60.7 Å². The number of carbonyl (C=O) groups is 3. The molecule has 2 atom stereocenters. The van der Waals surface area contributed by atoms with Crippen molar-refractivity contribution in [1.82, 2.24) is 19.8 Å². The van der Waals surface area contributed by atoms with Crippen molar-refractivity contribution in [2.45, 2.75) is 38.1 Å². The van der Waals surface area contributed by atoms with Gasteiger partial charge in [-0.3, -0.25) is 14.4 Å². The summed E-state index contributed by atoms with van der Waals surface area (Å²) in [6, 6.07) is 17.1. The molecule has 196 valence electrons. The van der Waals surface area contributed by atoms with Crippen LogP contribution in [0.5, 0.6) is 0 Å². The number of carbonyl (C=O) groups excluding carboxylic acids is 3. The second kappa shape index (κ2) is 12.3. The van der Waals surface area contributed by atoms with Crippen LogP contribution in [0.1, 0.15) is 31.0 Å². The van der Waals surface area contributed by atoms with Crippen LogP contribution in [0.3, 0.4) is 0 Å². The number of aromatic nitrogens is 2. The third-order valence-corrected chi connectivity index (χ3v) is 5.54. The summed E-state index contributed by atoms with van der Waals surface area (Å²) in [6.07, 6.45) is 3.06. The molecule has 0 bridgehead atoms. The van der Waals surface area contributed by atoms with E-state index in [1.54, 1.807) is 38.7 Å². The quantitative estimate of drug-likeness (QED) is 0.364. The molecule has 1 unspecified atom stereocenters. The van der Waals surface area contributed by atoms with Gasteiger partial charge in [0.25, 0.3) is 5.91 Å². The van der Waals surface area contributed by atoms with Gasteiger partial charge in [-0.05, 0) is 25.0 Å². The lowest BCUT2D eigenvalue weighted by Crippen LogP contribution is -2.56. The molecule has 3 amide bonds. The van der Waals surface area contributed by atoms with Crippen molar-refractivity contribution < 1.29 is 19.1 Å². The molecule has 0 saturated heterocycles. The van der Waals surface area contributed by atoms with E-state index < -0.39 is 29.4 Å². The Balaban J connectivity index is 1.75. The fraction of sp³-hybridized carbons (Fsp3) is 0.333. The van der Waals surface area contributed by atoms with Crippen LogP contribution in [0.15, 0.2) is 73.2 Å². The number of benzene rings is 2. The number of nitrogens with zero attached hydrogens (tertiary/aromatic N) is 3. The third kappa shape index (κ3) is 7.73. The number of amides is 3. The molecule has 3 rings (SSSR count). The molecule has 0 spiro atoms. The number of anilines is 1. The van der Waals surface area contributed by atoms with Crippen molar-refractivity contribution in [2.75, 3.05) is 26.0 Å². The average molecular weight is 507 g/mol. The standard InChI is InChI=1S/C27H34N6O4/c1-27(2,28)26(36)30-21(17-37-16-19-11-7-5-8-12-19)24(34)31-22-15-33(18-29-22)23(25(35)32(3)4)20-13-9-6-10-14-20/h5-15,18,21,23H,16-17,28H2,1-4H3,(H,30,36)(H,31,34)/t21-,23?/m1/s1. The molecule has 4 N–H and O–H groups in total. The molecule has 0 aliphatic carbocycles. The van der Waals surface area contributed by atoms with E-state index in [1.165, 1.54) is 11.2 Å². The lowest BCUT2D eigenvalue weighted by Gasteiger charge is -2.23. The zero-order valence-electron chi connectivity index (χ0n) is 21.5. The first kappa shape index (κ1) is 27.6. The highest BCUT2D eigenvalue weighted by Gasteiger charge is 2.29. The van der Waals surface area contributed by atoms with E-state index in [9.17, 15) is 14.4 Å². The van der Waals surface area contributed by atoms with Crippen LogP contribution in [0.2, 0.25) is 0 Å². The minimum Gasteiger partial charge on any atom is -0.374 e. The Hall–Kier alpha value is -4.02. The first-order chi connectivity index (χ1) is 17.6. The fourth-order valence-electron chi connectivity index (χ4n) is 3.47. The Morgan fingerprint density at radius 1 is 1.05 bits per heavy atom. The van der Waals surface area contributed by atoms with E-state index in [4.69, 9.17) is 10.5 Å². The van der Waals surface area contributed by atoms with Gasteiger partial charge < -0.3 is 30.6 Å². The maximum Gasteiger partial charge on any atom is 0.250 e. The maximum absolute atomic E-state index is 13.1. The van der Waals surface area contributed by atoms with Crippen LogP contribution in [0, 0.1) is 0 Å². The third-order valence-electron chi connectivity index (χ3n) is 5.54. The van der Waals surface area contributed by atoms with Crippen LogP contribution in [0.25, 0.3) is 0 Å². The maximum atomic E-state index is 13.1. The van der Waals surface area contributed by atoms with Gasteiger partial charge in [-0.15, -0.1) is 0 Å². The predicted octanol–water partition coefficient (Wildman–Crippen LogP) is 1.94. The summed E-state index contributed by atoms with van der Waals surface area (Å²) in [6.45, 7) is 3.30. The molecule has 0 saturated carbocycles. The van der Waals surface area contributed by atoms with Gasteiger partial charge in [0.15, 0.2) is 5.82 Å². The topological polar surface area (TPSA) is 132 Å². The summed E-state index contributed by atoms with van der Waals surface area (Å²) in [4.78, 5) is 44.4. The summed E-state index contributed by atoms with van der Waals surface area (Å²) in [5.74, 6) is -0.939. The first-order valence-corrected chi connectivity index (χ1v) is 11.9. The molecule has 10 heteroatoms. The van der Waals surface area contributed by atoms with Crippen LogP contribution in [-0.4, -0.2) is 64.5 Å². The van der Waals surface area contributed by atoms with Crippen molar-refractivity contribution in [3.8, 4) is 0 Å². The number of nitrogens with one attached hydrogen (secondary N) is 2. The van der Waals surface area contributed by atoms with E-state index in [0.717, 1.165) is 11.1 Å². The zero-order valence-corrected chi connectivity index (χ0v) is 21.5. The minimum atomic E-state index is -1.19. The molecule has 1 aromatic heterocycles. The molecule has 0 aliphatic rings. The van der Waals surface area contributed by atoms with E-state index >= 15 is 0 Å². The minimum absolute atomic E-state index is 0.0744. The van der Waals surface area contributed by atoms with Crippen LogP contribution in [-0.2, 0) is 25.7 Å². The number of hydrogen-bond acceptors (Lipinski definition) is 6. The van der Waals surface area contributed by atoms with Crippen LogP contribution in [0.4, 0.5) is 5.82 Å². The number of rotatable bonds is 11. The predicted molar refractivity (Wildman–Crippen MR) is 140 cm³/mol. The summed E-state index contributed by atoms with van der Waals surface area (Å²) in [7, 11) is 3.36. The molecule has 10 nitrogen and oxygen atoms in total. The van der Waals surface area contributed by atoms with Crippen LogP contribution < -0.4 is 16.4 Å². The molecule has 2 aromatic carbocycles. The SMILES string of the molecule is CN(C)C(=O)C(c1ccccc1)n1cnc(NC(=O)[C@@H](COCc2ccccc2)NC(=O)C(C)(C)N)c1. The molecule has 3 aromatic rings. The van der Waals surface area contributed by atoms with Gasteiger partial charge in [0, 0.05) is 20.3 Å². The van der Waals surface area contributed by atoms with Gasteiger partial charge in [0.05, 0.1) is 25.1 Å². The zero-order chi connectivity index (χ0) is 27.0. The summed E-state index contributed by atoms with van der Waals surface area (Å²) < 4.78 is 7.36. The van der Waals surface area contributed by atoms with Crippen molar-refractivity contribution in [2.24, 2.45) is 5.73 Å². The highest BCUT2D eigenvalue weighted by molar-refractivity contribution is 5.98. The van der Waals surface area contributed by atoms with Crippen molar-refractivity contribution >= 4 is 23.5 Å². The Morgan fingerprint density at radius 2 is 1.68 bits per heavy atom. The number of hydrogen-bond donors (Lipinski definition) is 3. The van der Waals surface area contributed by atoms with Gasteiger partial charge in [0.1, 0.15) is 12.1 Å². The number of likely N-dealkylation sites (N-methyl/N-ethyl adjacent to an activating group) is 1. The molecular formula is C27H34N6O4. The monoisotopic (exact) mass is 506 g/mol. The Morgan fingerprint density at radius 3 is 2.27 bits per heavy atom. The van der Waals surface area contributed by atoms with E-state index in [1.807, 2.05) is 60.7 Å². The number of ether oxygens (including phenoxy) is 1. The Labute approximate surface area is 216 Å². The molecular weight excluding hydrogens is 472 g/mol. The van der Waals surface area contributed by atoms with Gasteiger partial charge in [0.2, 0.25) is 11.8 Å². The van der Waals surface area contributed by atoms with Crippen molar-refractivity contribution in [3.63, 3.8) is 0 Å². The highest BCUT2D eigenvalue weighted by Crippen LogP contribution is 2.22. The molecule has 0 fully saturated rings. The number of imidazole rings is 1. The van der Waals surface area contributed by atoms with Gasteiger partial charge in [-0.25, -0.2) is 4.98 Å². The Kier molecular flexibility index (Phi) is 9.15. The molecule has 0 aliphatic heterocycles. The summed E-state index contributed by atoms with van der Waals surface area (Å²) in [5.41, 5.74) is 6.44. The lowest BCUT2D eigenvalue weighted by molar-refractivity contribution is -0.131. The second-order valence-electron chi connectivity index (χ2n) is 9.49. The molecule has 0 radical (unpaired) electrons. The normalized spacial score (nSPS) is 12.9. The molecule has 37 heavy (non-hydrogen) atoms. The van der Waals surface area contributed by atoms with Gasteiger partial charge in [-0.2, -0.15) is 0 Å². The van der Waals surface area contributed by atoms with Crippen LogP contribution >= 0.6 is 0 Å². The Bertz CT molecular complexity index is 1190. The lowest BCUT2D eigenvalue weighted by atomic mass is 10.1. The number of nitrogens with two attached hydrogens (primary N) is 1.